The molecule has 2 aromatic rings. The zero-order valence-corrected chi connectivity index (χ0v) is 9.78. The summed E-state index contributed by atoms with van der Waals surface area (Å²) in [5.74, 6) is 0.510. The number of aromatic nitrogens is 1. The Labute approximate surface area is 94.1 Å². The molecule has 0 aliphatic rings. The number of benzene rings is 1. The molecule has 0 fully saturated rings. The molecule has 0 spiro atoms. The van der Waals surface area contributed by atoms with Crippen molar-refractivity contribution in [1.82, 2.24) is 4.98 Å². The summed E-state index contributed by atoms with van der Waals surface area (Å²) in [4.78, 5) is 16.0. The van der Waals surface area contributed by atoms with Gasteiger partial charge in [0.15, 0.2) is 5.89 Å². The van der Waals surface area contributed by atoms with Crippen LogP contribution in [0.3, 0.4) is 0 Å². The summed E-state index contributed by atoms with van der Waals surface area (Å²) in [5.41, 5.74) is 0.466. The Morgan fingerprint density at radius 2 is 1.94 bits per heavy atom. The standard InChI is InChI=1S/C13H15NO2/c1-13(2,3)8-11-14-10-7-5-4-6-9(10)12(15)16-11/h4-7H,8H2,1-3H3. The van der Waals surface area contributed by atoms with Crippen molar-refractivity contribution in [3.05, 3.63) is 40.6 Å². The van der Waals surface area contributed by atoms with Gasteiger partial charge in [0.1, 0.15) is 0 Å². The SMILES string of the molecule is CC(C)(C)Cc1nc2ccccc2c(=O)o1. The van der Waals surface area contributed by atoms with Gasteiger partial charge >= 0.3 is 5.63 Å². The van der Waals surface area contributed by atoms with Crippen LogP contribution in [-0.4, -0.2) is 4.98 Å². The van der Waals surface area contributed by atoms with E-state index in [1.807, 2.05) is 18.2 Å². The molecule has 0 N–H and O–H groups in total. The van der Waals surface area contributed by atoms with Gasteiger partial charge in [-0.05, 0) is 17.5 Å². The average molecular weight is 217 g/mol. The van der Waals surface area contributed by atoms with Crippen LogP contribution in [0.25, 0.3) is 10.9 Å². The predicted octanol–water partition coefficient (Wildman–Crippen LogP) is 2.78. The van der Waals surface area contributed by atoms with Crippen molar-refractivity contribution in [2.45, 2.75) is 27.2 Å². The van der Waals surface area contributed by atoms with Crippen LogP contribution in [0.4, 0.5) is 0 Å². The number of fused-ring (bicyclic) bond motifs is 1. The van der Waals surface area contributed by atoms with E-state index in [1.54, 1.807) is 6.07 Å². The second-order valence-electron chi connectivity index (χ2n) is 5.15. The van der Waals surface area contributed by atoms with Crippen LogP contribution < -0.4 is 5.63 Å². The number of nitrogens with zero attached hydrogens (tertiary/aromatic N) is 1. The van der Waals surface area contributed by atoms with E-state index >= 15 is 0 Å². The average Bonchev–Trinajstić information content (AvgIpc) is 2.15. The van der Waals surface area contributed by atoms with Crippen LogP contribution in [0.2, 0.25) is 0 Å². The molecule has 0 bridgehead atoms. The van der Waals surface area contributed by atoms with Crippen molar-refractivity contribution in [2.24, 2.45) is 5.41 Å². The topological polar surface area (TPSA) is 43.1 Å². The molecule has 1 aromatic heterocycles. The van der Waals surface area contributed by atoms with Gasteiger partial charge in [0.05, 0.1) is 10.9 Å². The van der Waals surface area contributed by atoms with Crippen molar-refractivity contribution < 1.29 is 4.42 Å². The van der Waals surface area contributed by atoms with Crippen molar-refractivity contribution in [2.75, 3.05) is 0 Å². The molecule has 0 atom stereocenters. The highest BCUT2D eigenvalue weighted by atomic mass is 16.4. The van der Waals surface area contributed by atoms with Crippen LogP contribution in [0.1, 0.15) is 26.7 Å². The number of para-hydroxylation sites is 1. The van der Waals surface area contributed by atoms with Gasteiger partial charge in [-0.1, -0.05) is 32.9 Å². The second-order valence-corrected chi connectivity index (χ2v) is 5.15. The number of rotatable bonds is 1. The molecule has 0 amide bonds. The third-order valence-corrected chi connectivity index (χ3v) is 2.26. The Balaban J connectivity index is 2.54. The van der Waals surface area contributed by atoms with Gasteiger partial charge in [-0.2, -0.15) is 0 Å². The number of hydrogen-bond donors (Lipinski definition) is 0. The minimum Gasteiger partial charge on any atom is -0.408 e. The minimum absolute atomic E-state index is 0.0609. The Morgan fingerprint density at radius 1 is 1.25 bits per heavy atom. The Kier molecular flexibility index (Phi) is 2.54. The highest BCUT2D eigenvalue weighted by Crippen LogP contribution is 2.19. The summed E-state index contributed by atoms with van der Waals surface area (Å²) in [6.45, 7) is 6.26. The Morgan fingerprint density at radius 3 is 2.62 bits per heavy atom. The molecule has 0 aliphatic carbocycles. The summed E-state index contributed by atoms with van der Waals surface area (Å²) in [6, 6.07) is 7.24. The van der Waals surface area contributed by atoms with Gasteiger partial charge in [-0.15, -0.1) is 0 Å². The van der Waals surface area contributed by atoms with E-state index in [0.29, 0.717) is 23.2 Å². The molecule has 2 rings (SSSR count). The first kappa shape index (κ1) is 10.9. The maximum atomic E-state index is 11.7. The van der Waals surface area contributed by atoms with Crippen LogP contribution in [-0.2, 0) is 6.42 Å². The lowest BCUT2D eigenvalue weighted by Gasteiger charge is -2.15. The van der Waals surface area contributed by atoms with Crippen LogP contribution >= 0.6 is 0 Å². The third-order valence-electron chi connectivity index (χ3n) is 2.26. The third kappa shape index (κ3) is 2.30. The van der Waals surface area contributed by atoms with Crippen LogP contribution in [0, 0.1) is 5.41 Å². The van der Waals surface area contributed by atoms with Crippen molar-refractivity contribution >= 4 is 10.9 Å². The fourth-order valence-corrected chi connectivity index (χ4v) is 1.59. The Bertz CT molecular complexity index is 564. The zero-order valence-electron chi connectivity index (χ0n) is 9.78. The molecule has 3 nitrogen and oxygen atoms in total. The summed E-state index contributed by atoms with van der Waals surface area (Å²) >= 11 is 0. The smallest absolute Gasteiger partial charge is 0.346 e. The first-order chi connectivity index (χ1) is 7.46. The van der Waals surface area contributed by atoms with E-state index < -0.39 is 0 Å². The van der Waals surface area contributed by atoms with E-state index in [2.05, 4.69) is 25.8 Å². The van der Waals surface area contributed by atoms with Gasteiger partial charge in [0.2, 0.25) is 0 Å². The van der Waals surface area contributed by atoms with Gasteiger partial charge in [-0.25, -0.2) is 9.78 Å². The molecule has 16 heavy (non-hydrogen) atoms. The first-order valence-corrected chi connectivity index (χ1v) is 5.34. The Hall–Kier alpha value is -1.64. The lowest BCUT2D eigenvalue weighted by molar-refractivity contribution is 0.338. The highest BCUT2D eigenvalue weighted by Gasteiger charge is 2.15. The maximum Gasteiger partial charge on any atom is 0.346 e. The first-order valence-electron chi connectivity index (χ1n) is 5.34. The molecule has 1 heterocycles. The van der Waals surface area contributed by atoms with Crippen molar-refractivity contribution in [1.29, 1.82) is 0 Å². The summed E-state index contributed by atoms with van der Waals surface area (Å²) in [6.07, 6.45) is 0.660. The van der Waals surface area contributed by atoms with Crippen LogP contribution in [0.15, 0.2) is 33.5 Å². The molecule has 84 valence electrons. The summed E-state index contributed by atoms with van der Waals surface area (Å²) in [5, 5.41) is 0.542. The monoisotopic (exact) mass is 217 g/mol. The van der Waals surface area contributed by atoms with Crippen LogP contribution in [0.5, 0.6) is 0 Å². The van der Waals surface area contributed by atoms with Gasteiger partial charge in [-0.3, -0.25) is 0 Å². The molecule has 0 radical (unpaired) electrons. The maximum absolute atomic E-state index is 11.7. The fourth-order valence-electron chi connectivity index (χ4n) is 1.59. The highest BCUT2D eigenvalue weighted by molar-refractivity contribution is 5.76. The molecule has 0 saturated heterocycles. The van der Waals surface area contributed by atoms with E-state index in [0.717, 1.165) is 0 Å². The van der Waals surface area contributed by atoms with Gasteiger partial charge in [0, 0.05) is 6.42 Å². The second kappa shape index (κ2) is 3.74. The van der Waals surface area contributed by atoms with E-state index in [9.17, 15) is 4.79 Å². The van der Waals surface area contributed by atoms with Gasteiger partial charge < -0.3 is 4.42 Å². The minimum atomic E-state index is -0.301. The van der Waals surface area contributed by atoms with Gasteiger partial charge in [0.25, 0.3) is 0 Å². The molecule has 0 aliphatic heterocycles. The molecule has 0 saturated carbocycles. The number of hydrogen-bond acceptors (Lipinski definition) is 3. The predicted molar refractivity (Wildman–Crippen MR) is 63.4 cm³/mol. The quantitative estimate of drug-likeness (QED) is 0.737. The summed E-state index contributed by atoms with van der Waals surface area (Å²) < 4.78 is 5.20. The normalized spacial score (nSPS) is 11.9. The zero-order chi connectivity index (χ0) is 11.8. The molecule has 3 heteroatoms. The van der Waals surface area contributed by atoms with E-state index in [-0.39, 0.29) is 11.0 Å². The largest absolute Gasteiger partial charge is 0.408 e. The summed E-state index contributed by atoms with van der Waals surface area (Å²) in [7, 11) is 0. The van der Waals surface area contributed by atoms with Crippen molar-refractivity contribution in [3.8, 4) is 0 Å². The van der Waals surface area contributed by atoms with Crippen molar-refractivity contribution in [3.63, 3.8) is 0 Å². The molecular formula is C13H15NO2. The molecule has 1 aromatic carbocycles. The van der Waals surface area contributed by atoms with E-state index in [1.165, 1.54) is 0 Å². The molecular weight excluding hydrogens is 202 g/mol. The van der Waals surface area contributed by atoms with E-state index in [4.69, 9.17) is 4.42 Å². The lowest BCUT2D eigenvalue weighted by atomic mass is 9.92. The fraction of sp³-hybridized carbons (Fsp3) is 0.385. The molecule has 0 unspecified atom stereocenters. The lowest BCUT2D eigenvalue weighted by Crippen LogP contribution is -2.13.